The van der Waals surface area contributed by atoms with Gasteiger partial charge in [0.25, 0.3) is 0 Å². The first-order valence-corrected chi connectivity index (χ1v) is 7.12. The van der Waals surface area contributed by atoms with Crippen LogP contribution in [0.25, 0.3) is 0 Å². The molecular weight excluding hydrogens is 323 g/mol. The molecule has 24 heavy (non-hydrogen) atoms. The highest BCUT2D eigenvalue weighted by molar-refractivity contribution is 5.78. The van der Waals surface area contributed by atoms with Gasteiger partial charge in [-0.25, -0.2) is 9.97 Å². The van der Waals surface area contributed by atoms with Gasteiger partial charge in [0, 0.05) is 13.2 Å². The second-order valence-electron chi connectivity index (χ2n) is 5.15. The minimum Gasteiger partial charge on any atom is -0.393 e. The first kappa shape index (κ1) is 17.8. The highest BCUT2D eigenvalue weighted by Crippen LogP contribution is 2.36. The molecule has 0 saturated carbocycles. The van der Waals surface area contributed by atoms with Crippen LogP contribution in [0.4, 0.5) is 36.2 Å². The number of para-hydroxylation sites is 1. The van der Waals surface area contributed by atoms with Crippen LogP contribution in [0, 0.1) is 0 Å². The van der Waals surface area contributed by atoms with Gasteiger partial charge < -0.3 is 21.1 Å². The number of hydrogen-bond donors (Lipinski definition) is 3. The van der Waals surface area contributed by atoms with Crippen LogP contribution < -0.4 is 16.4 Å². The van der Waals surface area contributed by atoms with Crippen LogP contribution in [0.3, 0.4) is 0 Å². The number of nitrogens with zero attached hydrogens (tertiary/aromatic N) is 2. The molecule has 1 atom stereocenters. The zero-order valence-electron chi connectivity index (χ0n) is 13.2. The number of ether oxygens (including phenoxy) is 1. The molecule has 2 aromatic rings. The van der Waals surface area contributed by atoms with Crippen LogP contribution in [0.1, 0.15) is 12.5 Å². The number of nitrogens with one attached hydrogen (secondary N) is 2. The molecule has 0 spiro atoms. The summed E-state index contributed by atoms with van der Waals surface area (Å²) in [7, 11) is 1.56. The molecule has 0 fully saturated rings. The van der Waals surface area contributed by atoms with Crippen molar-refractivity contribution in [3.8, 4) is 0 Å². The van der Waals surface area contributed by atoms with Crippen LogP contribution in [0.15, 0.2) is 30.6 Å². The van der Waals surface area contributed by atoms with E-state index in [0.29, 0.717) is 12.4 Å². The van der Waals surface area contributed by atoms with E-state index in [1.807, 2.05) is 6.92 Å². The molecule has 1 heterocycles. The van der Waals surface area contributed by atoms with Gasteiger partial charge in [-0.15, -0.1) is 0 Å². The predicted molar refractivity (Wildman–Crippen MR) is 86.1 cm³/mol. The van der Waals surface area contributed by atoms with Crippen LogP contribution in [-0.2, 0) is 10.9 Å². The van der Waals surface area contributed by atoms with Gasteiger partial charge in [0.15, 0.2) is 11.6 Å². The molecule has 2 rings (SSSR count). The summed E-state index contributed by atoms with van der Waals surface area (Å²) in [5, 5.41) is 5.64. The van der Waals surface area contributed by atoms with Crippen LogP contribution >= 0.6 is 0 Å². The predicted octanol–water partition coefficient (Wildman–Crippen LogP) is 3.27. The van der Waals surface area contributed by atoms with Crippen LogP contribution in [-0.4, -0.2) is 29.7 Å². The molecule has 0 radical (unpaired) electrons. The fraction of sp³-hybridized carbons (Fsp3) is 0.333. The second kappa shape index (κ2) is 7.35. The van der Waals surface area contributed by atoms with Gasteiger partial charge in [-0.2, -0.15) is 13.2 Å². The summed E-state index contributed by atoms with van der Waals surface area (Å²) in [6.45, 7) is 2.28. The van der Waals surface area contributed by atoms with Gasteiger partial charge in [0.1, 0.15) is 12.0 Å². The lowest BCUT2D eigenvalue weighted by Gasteiger charge is -2.18. The summed E-state index contributed by atoms with van der Waals surface area (Å²) in [6.07, 6.45) is -3.27. The Hall–Kier alpha value is -2.55. The van der Waals surface area contributed by atoms with Gasteiger partial charge >= 0.3 is 6.18 Å². The quantitative estimate of drug-likeness (QED) is 0.748. The van der Waals surface area contributed by atoms with Crippen molar-refractivity contribution >= 4 is 23.0 Å². The summed E-state index contributed by atoms with van der Waals surface area (Å²) in [5.74, 6) is 0.412. The molecule has 0 saturated heterocycles. The van der Waals surface area contributed by atoms with Crippen molar-refractivity contribution in [2.24, 2.45) is 0 Å². The smallest absolute Gasteiger partial charge is 0.393 e. The summed E-state index contributed by atoms with van der Waals surface area (Å²) >= 11 is 0. The first-order valence-electron chi connectivity index (χ1n) is 7.12. The highest BCUT2D eigenvalue weighted by atomic mass is 19.4. The summed E-state index contributed by atoms with van der Waals surface area (Å²) in [6, 6.07) is 5.03. The Bertz CT molecular complexity index is 693. The van der Waals surface area contributed by atoms with E-state index >= 15 is 0 Å². The van der Waals surface area contributed by atoms with Gasteiger partial charge in [0.2, 0.25) is 0 Å². The zero-order chi connectivity index (χ0) is 17.7. The molecule has 0 aliphatic heterocycles. The summed E-state index contributed by atoms with van der Waals surface area (Å²) in [5.41, 5.74) is 5.15. The first-order chi connectivity index (χ1) is 11.3. The Balaban J connectivity index is 2.29. The van der Waals surface area contributed by atoms with Crippen molar-refractivity contribution in [2.45, 2.75) is 19.1 Å². The van der Waals surface area contributed by atoms with Gasteiger partial charge in [-0.3, -0.25) is 0 Å². The van der Waals surface area contributed by atoms with Crippen molar-refractivity contribution in [1.82, 2.24) is 9.97 Å². The molecule has 0 aliphatic carbocycles. The van der Waals surface area contributed by atoms with E-state index < -0.39 is 11.7 Å². The molecular formula is C15H18F3N5O. The molecule has 4 N–H and O–H groups in total. The lowest BCUT2D eigenvalue weighted by atomic mass is 10.1. The maximum absolute atomic E-state index is 13.1. The molecule has 0 bridgehead atoms. The third kappa shape index (κ3) is 4.25. The Morgan fingerprint density at radius 2 is 1.88 bits per heavy atom. The maximum Gasteiger partial charge on any atom is 0.418 e. The number of hydrogen-bond acceptors (Lipinski definition) is 6. The van der Waals surface area contributed by atoms with Crippen molar-refractivity contribution in [3.05, 3.63) is 36.2 Å². The number of benzene rings is 1. The lowest BCUT2D eigenvalue weighted by molar-refractivity contribution is -0.136. The van der Waals surface area contributed by atoms with Crippen molar-refractivity contribution < 1.29 is 17.9 Å². The third-order valence-corrected chi connectivity index (χ3v) is 3.17. The normalized spacial score (nSPS) is 12.7. The Labute approximate surface area is 137 Å². The molecule has 6 nitrogen and oxygen atoms in total. The minimum absolute atomic E-state index is 0.0810. The minimum atomic E-state index is -4.49. The molecule has 130 valence electrons. The maximum atomic E-state index is 13.1. The number of nitrogen functional groups attached to an aromatic ring is 1. The Morgan fingerprint density at radius 1 is 1.21 bits per heavy atom. The molecule has 1 aromatic carbocycles. The average Bonchev–Trinajstić information content (AvgIpc) is 2.51. The molecule has 0 aliphatic rings. The van der Waals surface area contributed by atoms with Gasteiger partial charge in [-0.05, 0) is 19.1 Å². The fourth-order valence-corrected chi connectivity index (χ4v) is 2.10. The molecule has 1 unspecified atom stereocenters. The van der Waals surface area contributed by atoms with Gasteiger partial charge in [0.05, 0.1) is 17.9 Å². The second-order valence-corrected chi connectivity index (χ2v) is 5.15. The topological polar surface area (TPSA) is 85.1 Å². The molecule has 9 heteroatoms. The zero-order valence-corrected chi connectivity index (χ0v) is 13.2. The largest absolute Gasteiger partial charge is 0.418 e. The van der Waals surface area contributed by atoms with Gasteiger partial charge in [-0.1, -0.05) is 12.1 Å². The third-order valence-electron chi connectivity index (χ3n) is 3.17. The van der Waals surface area contributed by atoms with E-state index in [0.717, 1.165) is 6.07 Å². The van der Waals surface area contributed by atoms with E-state index in [1.165, 1.54) is 24.5 Å². The van der Waals surface area contributed by atoms with E-state index in [-0.39, 0.29) is 23.2 Å². The number of rotatable bonds is 6. The standard InChI is InChI=1S/C15H18F3N5O/c1-9(7-24-2)22-13-12(19)14(21-8-20-13)23-11-6-4-3-5-10(11)15(16,17)18/h3-6,8-9H,7,19H2,1-2H3,(H2,20,21,22,23). The number of aromatic nitrogens is 2. The Morgan fingerprint density at radius 3 is 2.54 bits per heavy atom. The van der Waals surface area contributed by atoms with E-state index in [9.17, 15) is 13.2 Å². The van der Waals surface area contributed by atoms with E-state index in [1.54, 1.807) is 7.11 Å². The highest BCUT2D eigenvalue weighted by Gasteiger charge is 2.33. The summed E-state index contributed by atoms with van der Waals surface area (Å²) < 4.78 is 44.2. The number of alkyl halides is 3. The van der Waals surface area contributed by atoms with Crippen LogP contribution in [0.2, 0.25) is 0 Å². The lowest BCUT2D eigenvalue weighted by Crippen LogP contribution is -2.22. The monoisotopic (exact) mass is 341 g/mol. The number of anilines is 4. The average molecular weight is 341 g/mol. The van der Waals surface area contributed by atoms with Crippen molar-refractivity contribution in [2.75, 3.05) is 30.1 Å². The number of methoxy groups -OCH3 is 1. The SMILES string of the molecule is COCC(C)Nc1ncnc(Nc2ccccc2C(F)(F)F)c1N. The van der Waals surface area contributed by atoms with Crippen molar-refractivity contribution in [3.63, 3.8) is 0 Å². The number of halogens is 3. The van der Waals surface area contributed by atoms with E-state index in [2.05, 4.69) is 20.6 Å². The fourth-order valence-electron chi connectivity index (χ4n) is 2.10. The van der Waals surface area contributed by atoms with Crippen LogP contribution in [0.5, 0.6) is 0 Å². The summed E-state index contributed by atoms with van der Waals surface area (Å²) in [4.78, 5) is 7.93. The number of nitrogens with two attached hydrogens (primary N) is 1. The van der Waals surface area contributed by atoms with E-state index in [4.69, 9.17) is 10.5 Å². The molecule has 0 amide bonds. The Kier molecular flexibility index (Phi) is 5.45. The molecule has 1 aromatic heterocycles. The van der Waals surface area contributed by atoms with Crippen molar-refractivity contribution in [1.29, 1.82) is 0 Å².